The normalized spacial score (nSPS) is 10.3. The number of benzene rings is 1. The van der Waals surface area contributed by atoms with Crippen molar-refractivity contribution < 1.29 is 4.74 Å². The zero-order valence-corrected chi connectivity index (χ0v) is 11.5. The molecule has 1 aromatic carbocycles. The molecule has 0 atom stereocenters. The van der Waals surface area contributed by atoms with Crippen molar-refractivity contribution in [1.29, 1.82) is 0 Å². The summed E-state index contributed by atoms with van der Waals surface area (Å²) in [6, 6.07) is 9.88. The van der Waals surface area contributed by atoms with Gasteiger partial charge < -0.3 is 15.8 Å². The fraction of sp³-hybridized carbons (Fsp3) is 0.267. The van der Waals surface area contributed by atoms with Crippen LogP contribution in [0, 0.1) is 13.8 Å². The largest absolute Gasteiger partial charge is 0.481 e. The summed E-state index contributed by atoms with van der Waals surface area (Å²) in [6.45, 7) is 4.60. The third-order valence-electron chi connectivity index (χ3n) is 3.20. The Bertz CT molecular complexity index is 582. The zero-order valence-electron chi connectivity index (χ0n) is 11.5. The Labute approximate surface area is 113 Å². The number of hydrogen-bond acceptors (Lipinski definition) is 4. The van der Waals surface area contributed by atoms with Crippen molar-refractivity contribution in [1.82, 2.24) is 4.98 Å². The van der Waals surface area contributed by atoms with Gasteiger partial charge in [-0.05, 0) is 36.6 Å². The molecule has 0 fully saturated rings. The highest BCUT2D eigenvalue weighted by atomic mass is 16.5. The summed E-state index contributed by atoms with van der Waals surface area (Å²) in [7, 11) is 1.61. The van der Waals surface area contributed by atoms with Crippen LogP contribution in [0.2, 0.25) is 0 Å². The number of nitrogens with one attached hydrogen (secondary N) is 1. The van der Waals surface area contributed by atoms with Gasteiger partial charge in [-0.15, -0.1) is 0 Å². The lowest BCUT2D eigenvalue weighted by Crippen LogP contribution is -2.04. The van der Waals surface area contributed by atoms with Gasteiger partial charge in [0.1, 0.15) is 5.82 Å². The van der Waals surface area contributed by atoms with Gasteiger partial charge in [-0.1, -0.05) is 18.2 Å². The molecule has 4 heteroatoms. The minimum Gasteiger partial charge on any atom is -0.481 e. The van der Waals surface area contributed by atoms with Gasteiger partial charge >= 0.3 is 0 Å². The van der Waals surface area contributed by atoms with Gasteiger partial charge in [0.15, 0.2) is 0 Å². The molecule has 0 radical (unpaired) electrons. The van der Waals surface area contributed by atoms with Crippen LogP contribution in [0.5, 0.6) is 5.88 Å². The van der Waals surface area contributed by atoms with Gasteiger partial charge in [-0.3, -0.25) is 0 Å². The SMILES string of the molecule is COc1ccc(C)c(Nc2cccc(CN)c2C)n1. The fourth-order valence-electron chi connectivity index (χ4n) is 1.92. The molecular formula is C15H19N3O. The fourth-order valence-corrected chi connectivity index (χ4v) is 1.92. The van der Waals surface area contributed by atoms with Gasteiger partial charge in [0.2, 0.25) is 5.88 Å². The van der Waals surface area contributed by atoms with E-state index in [1.165, 1.54) is 0 Å². The summed E-state index contributed by atoms with van der Waals surface area (Å²) >= 11 is 0. The first-order valence-corrected chi connectivity index (χ1v) is 6.23. The summed E-state index contributed by atoms with van der Waals surface area (Å²) in [6.07, 6.45) is 0. The van der Waals surface area contributed by atoms with Crippen molar-refractivity contribution in [2.24, 2.45) is 5.73 Å². The van der Waals surface area contributed by atoms with E-state index in [9.17, 15) is 0 Å². The smallest absolute Gasteiger partial charge is 0.214 e. The van der Waals surface area contributed by atoms with E-state index in [2.05, 4.69) is 17.2 Å². The van der Waals surface area contributed by atoms with Crippen LogP contribution in [0.3, 0.4) is 0 Å². The van der Waals surface area contributed by atoms with E-state index in [0.717, 1.165) is 28.2 Å². The summed E-state index contributed by atoms with van der Waals surface area (Å²) < 4.78 is 5.15. The van der Waals surface area contributed by atoms with E-state index >= 15 is 0 Å². The van der Waals surface area contributed by atoms with Crippen molar-refractivity contribution in [2.75, 3.05) is 12.4 Å². The number of ether oxygens (including phenoxy) is 1. The van der Waals surface area contributed by atoms with Crippen molar-refractivity contribution in [3.63, 3.8) is 0 Å². The molecule has 2 rings (SSSR count). The predicted octanol–water partition coefficient (Wildman–Crippen LogP) is 2.91. The van der Waals surface area contributed by atoms with E-state index in [-0.39, 0.29) is 0 Å². The molecule has 19 heavy (non-hydrogen) atoms. The number of pyridine rings is 1. The molecule has 100 valence electrons. The average molecular weight is 257 g/mol. The number of anilines is 2. The number of rotatable bonds is 4. The number of methoxy groups -OCH3 is 1. The second kappa shape index (κ2) is 5.71. The van der Waals surface area contributed by atoms with Crippen molar-refractivity contribution in [3.05, 3.63) is 47.0 Å². The number of aryl methyl sites for hydroxylation is 1. The molecule has 0 aliphatic rings. The number of nitrogens with zero attached hydrogens (tertiary/aromatic N) is 1. The van der Waals surface area contributed by atoms with Crippen LogP contribution in [0.4, 0.5) is 11.5 Å². The second-order valence-electron chi connectivity index (χ2n) is 4.44. The lowest BCUT2D eigenvalue weighted by atomic mass is 10.1. The van der Waals surface area contributed by atoms with Gasteiger partial charge in [-0.25, -0.2) is 0 Å². The third kappa shape index (κ3) is 2.85. The van der Waals surface area contributed by atoms with Gasteiger partial charge in [-0.2, -0.15) is 4.98 Å². The van der Waals surface area contributed by atoms with Gasteiger partial charge in [0.05, 0.1) is 7.11 Å². The molecule has 0 spiro atoms. The molecular weight excluding hydrogens is 238 g/mol. The molecule has 1 aromatic heterocycles. The van der Waals surface area contributed by atoms with E-state index in [0.29, 0.717) is 12.4 Å². The third-order valence-corrected chi connectivity index (χ3v) is 3.20. The molecule has 0 aliphatic heterocycles. The summed E-state index contributed by atoms with van der Waals surface area (Å²) in [4.78, 5) is 4.42. The summed E-state index contributed by atoms with van der Waals surface area (Å²) in [5.74, 6) is 1.40. The Morgan fingerprint density at radius 1 is 1.21 bits per heavy atom. The van der Waals surface area contributed by atoms with E-state index in [1.54, 1.807) is 7.11 Å². The van der Waals surface area contributed by atoms with Crippen LogP contribution in [0.15, 0.2) is 30.3 Å². The second-order valence-corrected chi connectivity index (χ2v) is 4.44. The Kier molecular flexibility index (Phi) is 4.02. The minimum absolute atomic E-state index is 0.534. The molecule has 0 unspecified atom stereocenters. The first kappa shape index (κ1) is 13.4. The molecule has 3 N–H and O–H groups in total. The standard InChI is InChI=1S/C15H19N3O/c1-10-7-8-14(19-3)18-15(10)17-13-6-4-5-12(9-16)11(13)2/h4-8H,9,16H2,1-3H3,(H,17,18). The molecule has 2 aromatic rings. The molecule has 0 saturated heterocycles. The zero-order chi connectivity index (χ0) is 13.8. The van der Waals surface area contributed by atoms with Crippen LogP contribution < -0.4 is 15.8 Å². The number of nitrogens with two attached hydrogens (primary N) is 1. The van der Waals surface area contributed by atoms with Gasteiger partial charge in [0, 0.05) is 18.3 Å². The maximum absolute atomic E-state index is 5.73. The van der Waals surface area contributed by atoms with Gasteiger partial charge in [0.25, 0.3) is 0 Å². The Hall–Kier alpha value is -2.07. The van der Waals surface area contributed by atoms with Crippen molar-refractivity contribution in [3.8, 4) is 5.88 Å². The minimum atomic E-state index is 0.534. The molecule has 0 amide bonds. The molecule has 1 heterocycles. The van der Waals surface area contributed by atoms with Crippen LogP contribution in [-0.2, 0) is 6.54 Å². The quantitative estimate of drug-likeness (QED) is 0.884. The maximum atomic E-state index is 5.73. The Morgan fingerprint density at radius 2 is 2.00 bits per heavy atom. The highest BCUT2D eigenvalue weighted by Crippen LogP contribution is 2.25. The Morgan fingerprint density at radius 3 is 2.68 bits per heavy atom. The molecule has 0 bridgehead atoms. The highest BCUT2D eigenvalue weighted by molar-refractivity contribution is 5.64. The molecule has 0 aliphatic carbocycles. The van der Waals surface area contributed by atoms with Crippen molar-refractivity contribution in [2.45, 2.75) is 20.4 Å². The Balaban J connectivity index is 2.36. The van der Waals surface area contributed by atoms with E-state index < -0.39 is 0 Å². The summed E-state index contributed by atoms with van der Waals surface area (Å²) in [5.41, 5.74) is 10.1. The molecule has 4 nitrogen and oxygen atoms in total. The monoisotopic (exact) mass is 257 g/mol. The van der Waals surface area contributed by atoms with E-state index in [4.69, 9.17) is 10.5 Å². The maximum Gasteiger partial charge on any atom is 0.214 e. The van der Waals surface area contributed by atoms with Crippen molar-refractivity contribution >= 4 is 11.5 Å². The first-order valence-electron chi connectivity index (χ1n) is 6.23. The van der Waals surface area contributed by atoms with E-state index in [1.807, 2.05) is 37.3 Å². The lowest BCUT2D eigenvalue weighted by molar-refractivity contribution is 0.398. The highest BCUT2D eigenvalue weighted by Gasteiger charge is 2.07. The molecule has 0 saturated carbocycles. The van der Waals surface area contributed by atoms with Crippen LogP contribution in [-0.4, -0.2) is 12.1 Å². The number of aromatic nitrogens is 1. The van der Waals surface area contributed by atoms with Crippen LogP contribution in [0.1, 0.15) is 16.7 Å². The first-order chi connectivity index (χ1) is 9.15. The topological polar surface area (TPSA) is 60.2 Å². The van der Waals surface area contributed by atoms with Crippen LogP contribution >= 0.6 is 0 Å². The lowest BCUT2D eigenvalue weighted by Gasteiger charge is -2.14. The average Bonchev–Trinajstić information content (AvgIpc) is 2.43. The number of hydrogen-bond donors (Lipinski definition) is 2. The summed E-state index contributed by atoms with van der Waals surface area (Å²) in [5, 5.41) is 3.34. The predicted molar refractivity (Wildman–Crippen MR) is 77.9 cm³/mol. The van der Waals surface area contributed by atoms with Crippen LogP contribution in [0.25, 0.3) is 0 Å².